The minimum atomic E-state index is -0.442. The standard InChI is InChI=1S/C18H18ClN5O2/c1-3-26-18(25)14(16-8-9-22-24(16)2)10-20-17-13(11-21-23-17)12-6-4-5-7-15(12)19/h4-11H,3H2,1-2H3,(H2,20,21,23)/b14-10-. The normalized spacial score (nSPS) is 11.4. The zero-order valence-corrected chi connectivity index (χ0v) is 15.1. The van der Waals surface area contributed by atoms with Gasteiger partial charge in [0.2, 0.25) is 0 Å². The summed E-state index contributed by atoms with van der Waals surface area (Å²) in [5.74, 6) is 0.171. The molecule has 8 heteroatoms. The molecule has 2 heterocycles. The Balaban J connectivity index is 1.95. The van der Waals surface area contributed by atoms with E-state index in [-0.39, 0.29) is 6.61 Å². The van der Waals surface area contributed by atoms with Crippen LogP contribution in [0.2, 0.25) is 5.02 Å². The molecule has 0 aliphatic heterocycles. The lowest BCUT2D eigenvalue weighted by molar-refractivity contribution is -0.136. The van der Waals surface area contributed by atoms with E-state index in [9.17, 15) is 4.79 Å². The third kappa shape index (κ3) is 3.62. The van der Waals surface area contributed by atoms with E-state index in [1.54, 1.807) is 43.3 Å². The number of hydrogen-bond donors (Lipinski definition) is 2. The molecule has 0 amide bonds. The predicted molar refractivity (Wildman–Crippen MR) is 100 cm³/mol. The van der Waals surface area contributed by atoms with Crippen LogP contribution in [0.5, 0.6) is 0 Å². The summed E-state index contributed by atoms with van der Waals surface area (Å²) in [7, 11) is 1.76. The fraction of sp³-hybridized carbons (Fsp3) is 0.167. The summed E-state index contributed by atoms with van der Waals surface area (Å²) in [6.45, 7) is 2.04. The zero-order valence-electron chi connectivity index (χ0n) is 14.4. The van der Waals surface area contributed by atoms with Gasteiger partial charge in [0.05, 0.1) is 18.5 Å². The molecule has 0 bridgehead atoms. The first-order chi connectivity index (χ1) is 12.6. The van der Waals surface area contributed by atoms with Gasteiger partial charge in [-0.15, -0.1) is 0 Å². The number of esters is 1. The van der Waals surface area contributed by atoms with Crippen LogP contribution < -0.4 is 5.32 Å². The Kier molecular flexibility index (Phi) is 5.38. The van der Waals surface area contributed by atoms with Crippen LogP contribution in [0.25, 0.3) is 16.7 Å². The van der Waals surface area contributed by atoms with Gasteiger partial charge in [-0.3, -0.25) is 9.78 Å². The molecule has 2 aromatic heterocycles. The van der Waals surface area contributed by atoms with Crippen LogP contribution in [0.15, 0.2) is 48.9 Å². The molecular weight excluding hydrogens is 354 g/mol. The highest BCUT2D eigenvalue weighted by Crippen LogP contribution is 2.32. The molecule has 0 saturated heterocycles. The van der Waals surface area contributed by atoms with Crippen molar-refractivity contribution in [1.82, 2.24) is 20.0 Å². The van der Waals surface area contributed by atoms with Crippen LogP contribution in [0.4, 0.5) is 5.82 Å². The number of halogens is 1. The highest BCUT2D eigenvalue weighted by atomic mass is 35.5. The van der Waals surface area contributed by atoms with Gasteiger partial charge in [0, 0.05) is 35.6 Å². The summed E-state index contributed by atoms with van der Waals surface area (Å²) >= 11 is 6.27. The Labute approximate surface area is 155 Å². The summed E-state index contributed by atoms with van der Waals surface area (Å²) < 4.78 is 6.75. The molecule has 3 aromatic rings. The summed E-state index contributed by atoms with van der Waals surface area (Å²) in [6, 6.07) is 9.21. The van der Waals surface area contributed by atoms with Gasteiger partial charge in [-0.25, -0.2) is 4.79 Å². The topological polar surface area (TPSA) is 84.8 Å². The van der Waals surface area contributed by atoms with E-state index in [1.165, 1.54) is 0 Å². The van der Waals surface area contributed by atoms with E-state index in [1.807, 2.05) is 24.3 Å². The molecule has 3 rings (SSSR count). The Hall–Kier alpha value is -3.06. The van der Waals surface area contributed by atoms with Crippen molar-refractivity contribution in [3.05, 3.63) is 59.6 Å². The van der Waals surface area contributed by atoms with Crippen LogP contribution in [0, 0.1) is 0 Å². The molecule has 26 heavy (non-hydrogen) atoms. The molecule has 0 aliphatic carbocycles. The third-order valence-electron chi connectivity index (χ3n) is 3.76. The maximum atomic E-state index is 12.3. The van der Waals surface area contributed by atoms with Crippen molar-refractivity contribution in [2.45, 2.75) is 6.92 Å². The quantitative estimate of drug-likeness (QED) is 0.512. The summed E-state index contributed by atoms with van der Waals surface area (Å²) in [5, 5.41) is 14.8. The summed E-state index contributed by atoms with van der Waals surface area (Å²) in [6.07, 6.45) is 4.86. The zero-order chi connectivity index (χ0) is 18.5. The smallest absolute Gasteiger partial charge is 0.341 e. The molecule has 0 atom stereocenters. The van der Waals surface area contributed by atoms with Gasteiger partial charge in [0.25, 0.3) is 0 Å². The third-order valence-corrected chi connectivity index (χ3v) is 4.09. The van der Waals surface area contributed by atoms with Crippen molar-refractivity contribution in [3.63, 3.8) is 0 Å². The molecule has 0 radical (unpaired) electrons. The number of aromatic nitrogens is 4. The lowest BCUT2D eigenvalue weighted by atomic mass is 10.1. The SMILES string of the molecule is CCOC(=O)/C(=C\Nc1[nH]ncc1-c1ccccc1Cl)c1ccnn1C. The molecule has 0 saturated carbocycles. The fourth-order valence-electron chi connectivity index (χ4n) is 2.51. The second-order valence-electron chi connectivity index (χ2n) is 5.40. The number of H-pyrrole nitrogens is 1. The highest BCUT2D eigenvalue weighted by molar-refractivity contribution is 6.33. The molecule has 0 spiro atoms. The number of aryl methyl sites for hydroxylation is 1. The number of hydrogen-bond acceptors (Lipinski definition) is 5. The molecular formula is C18H18ClN5O2. The second-order valence-corrected chi connectivity index (χ2v) is 5.81. The number of aromatic amines is 1. The Bertz CT molecular complexity index is 944. The van der Waals surface area contributed by atoms with E-state index < -0.39 is 5.97 Å². The lowest BCUT2D eigenvalue weighted by Gasteiger charge is -2.09. The number of carbonyl (C=O) groups excluding carboxylic acids is 1. The molecule has 0 unspecified atom stereocenters. The molecule has 0 fully saturated rings. The van der Waals surface area contributed by atoms with Crippen molar-refractivity contribution in [1.29, 1.82) is 0 Å². The largest absolute Gasteiger partial charge is 0.462 e. The van der Waals surface area contributed by atoms with Gasteiger partial charge in [-0.2, -0.15) is 10.2 Å². The molecule has 0 aliphatic rings. The van der Waals surface area contributed by atoms with Gasteiger partial charge >= 0.3 is 5.97 Å². The summed E-state index contributed by atoms with van der Waals surface area (Å²) in [4.78, 5) is 12.3. The molecule has 1 aromatic carbocycles. The van der Waals surface area contributed by atoms with E-state index >= 15 is 0 Å². The van der Waals surface area contributed by atoms with Crippen LogP contribution in [-0.4, -0.2) is 32.6 Å². The predicted octanol–water partition coefficient (Wildman–Crippen LogP) is 3.48. The van der Waals surface area contributed by atoms with E-state index in [0.717, 1.165) is 11.1 Å². The number of anilines is 1. The van der Waals surface area contributed by atoms with Crippen molar-refractivity contribution >= 4 is 29.0 Å². The number of rotatable bonds is 6. The maximum absolute atomic E-state index is 12.3. The minimum absolute atomic E-state index is 0.281. The number of benzene rings is 1. The number of nitrogens with one attached hydrogen (secondary N) is 2. The molecule has 7 nitrogen and oxygen atoms in total. The minimum Gasteiger partial charge on any atom is -0.462 e. The molecule has 134 valence electrons. The average molecular weight is 372 g/mol. The first kappa shape index (κ1) is 17.8. The Morgan fingerprint density at radius 3 is 2.85 bits per heavy atom. The van der Waals surface area contributed by atoms with Crippen LogP contribution in [0.3, 0.4) is 0 Å². The van der Waals surface area contributed by atoms with Gasteiger partial charge in [-0.05, 0) is 19.1 Å². The van der Waals surface area contributed by atoms with Gasteiger partial charge < -0.3 is 10.1 Å². The van der Waals surface area contributed by atoms with Gasteiger partial charge in [-0.1, -0.05) is 29.8 Å². The van der Waals surface area contributed by atoms with Gasteiger partial charge in [0.1, 0.15) is 11.4 Å². The second kappa shape index (κ2) is 7.88. The fourth-order valence-corrected chi connectivity index (χ4v) is 2.75. The van der Waals surface area contributed by atoms with E-state index in [0.29, 0.717) is 22.1 Å². The number of carbonyl (C=O) groups is 1. The first-order valence-electron chi connectivity index (χ1n) is 8.02. The number of ether oxygens (including phenoxy) is 1. The van der Waals surface area contributed by atoms with Crippen LogP contribution >= 0.6 is 11.6 Å². The Morgan fingerprint density at radius 2 is 2.15 bits per heavy atom. The van der Waals surface area contributed by atoms with Crippen molar-refractivity contribution in [3.8, 4) is 11.1 Å². The monoisotopic (exact) mass is 371 g/mol. The van der Waals surface area contributed by atoms with Crippen molar-refractivity contribution in [2.75, 3.05) is 11.9 Å². The lowest BCUT2D eigenvalue weighted by Crippen LogP contribution is -2.11. The average Bonchev–Trinajstić information content (AvgIpc) is 3.25. The van der Waals surface area contributed by atoms with Gasteiger partial charge in [0.15, 0.2) is 0 Å². The van der Waals surface area contributed by atoms with Crippen molar-refractivity contribution < 1.29 is 9.53 Å². The Morgan fingerprint density at radius 1 is 1.35 bits per heavy atom. The number of nitrogens with zero attached hydrogens (tertiary/aromatic N) is 3. The summed E-state index contributed by atoms with van der Waals surface area (Å²) in [5.41, 5.74) is 2.61. The maximum Gasteiger partial charge on any atom is 0.341 e. The van der Waals surface area contributed by atoms with Crippen LogP contribution in [0.1, 0.15) is 12.6 Å². The highest BCUT2D eigenvalue weighted by Gasteiger charge is 2.17. The molecule has 2 N–H and O–H groups in total. The van der Waals surface area contributed by atoms with Crippen LogP contribution in [-0.2, 0) is 16.6 Å². The van der Waals surface area contributed by atoms with E-state index in [4.69, 9.17) is 16.3 Å². The van der Waals surface area contributed by atoms with Crippen molar-refractivity contribution in [2.24, 2.45) is 7.05 Å². The first-order valence-corrected chi connectivity index (χ1v) is 8.40. The van der Waals surface area contributed by atoms with E-state index in [2.05, 4.69) is 20.6 Å².